The fraction of sp³-hybridized carbons (Fsp3) is 0.538. The highest BCUT2D eigenvalue weighted by Crippen LogP contribution is 2.39. The van der Waals surface area contributed by atoms with Crippen molar-refractivity contribution in [3.63, 3.8) is 0 Å². The molecular weight excluding hydrogens is 326 g/mol. The summed E-state index contributed by atoms with van der Waals surface area (Å²) in [5, 5.41) is 7.73. The van der Waals surface area contributed by atoms with E-state index in [-0.39, 0.29) is 0 Å². The number of hydrogen-bond donors (Lipinski definition) is 1. The molecule has 2 aliphatic heterocycles. The first-order chi connectivity index (χ1) is 9.28. The lowest BCUT2D eigenvalue weighted by Crippen LogP contribution is -2.21. The Morgan fingerprint density at radius 2 is 2.37 bits per heavy atom. The first-order valence-electron chi connectivity index (χ1n) is 6.60. The van der Waals surface area contributed by atoms with Gasteiger partial charge in [0, 0.05) is 23.4 Å². The Hall–Kier alpha value is -0.720. The van der Waals surface area contributed by atoms with Crippen molar-refractivity contribution >= 4 is 27.3 Å². The van der Waals surface area contributed by atoms with Crippen LogP contribution in [0.5, 0.6) is 0 Å². The predicted octanol–water partition coefficient (Wildman–Crippen LogP) is 3.09. The van der Waals surface area contributed by atoms with E-state index in [1.54, 1.807) is 11.3 Å². The molecule has 2 fully saturated rings. The number of thiophene rings is 1. The molecule has 0 saturated carbocycles. The van der Waals surface area contributed by atoms with Crippen LogP contribution < -0.4 is 5.32 Å². The van der Waals surface area contributed by atoms with Crippen LogP contribution in [-0.2, 0) is 6.42 Å². The molecule has 0 radical (unpaired) electrons. The molecule has 19 heavy (non-hydrogen) atoms. The number of hydrogen-bond acceptors (Lipinski definition) is 5. The van der Waals surface area contributed by atoms with E-state index in [2.05, 4.69) is 43.5 Å². The van der Waals surface area contributed by atoms with Gasteiger partial charge in [0.25, 0.3) is 0 Å². The first-order valence-corrected chi connectivity index (χ1v) is 8.21. The van der Waals surface area contributed by atoms with E-state index in [0.29, 0.717) is 18.0 Å². The largest absolute Gasteiger partial charge is 0.339 e. The number of rotatable bonds is 3. The molecule has 2 aliphatic rings. The Balaban J connectivity index is 1.50. The molecule has 2 aromatic heterocycles. The van der Waals surface area contributed by atoms with Crippen molar-refractivity contribution in [3.05, 3.63) is 32.5 Å². The van der Waals surface area contributed by atoms with Crippen LogP contribution in [0.25, 0.3) is 0 Å². The Bertz CT molecular complexity index is 596. The van der Waals surface area contributed by atoms with Gasteiger partial charge in [-0.3, -0.25) is 0 Å². The molecular formula is C13H14BrN3OS. The highest BCUT2D eigenvalue weighted by atomic mass is 79.9. The summed E-state index contributed by atoms with van der Waals surface area (Å²) in [4.78, 5) is 5.84. The highest BCUT2D eigenvalue weighted by molar-refractivity contribution is 9.11. The Kier molecular flexibility index (Phi) is 2.97. The van der Waals surface area contributed by atoms with E-state index >= 15 is 0 Å². The van der Waals surface area contributed by atoms with Crippen molar-refractivity contribution < 1.29 is 4.52 Å². The van der Waals surface area contributed by atoms with Gasteiger partial charge < -0.3 is 9.84 Å². The van der Waals surface area contributed by atoms with E-state index in [0.717, 1.165) is 28.3 Å². The van der Waals surface area contributed by atoms with Crippen molar-refractivity contribution in [2.24, 2.45) is 0 Å². The number of halogens is 1. The molecule has 1 N–H and O–H groups in total. The second kappa shape index (κ2) is 4.68. The monoisotopic (exact) mass is 339 g/mol. The Morgan fingerprint density at radius 3 is 3.05 bits per heavy atom. The lowest BCUT2D eigenvalue weighted by Gasteiger charge is -2.15. The van der Waals surface area contributed by atoms with E-state index in [1.165, 1.54) is 17.7 Å². The van der Waals surface area contributed by atoms with Crippen LogP contribution in [0.15, 0.2) is 20.4 Å². The van der Waals surface area contributed by atoms with Crippen LogP contribution in [0.4, 0.5) is 0 Å². The first kappa shape index (κ1) is 12.1. The van der Waals surface area contributed by atoms with E-state index in [1.807, 2.05) is 0 Å². The summed E-state index contributed by atoms with van der Waals surface area (Å²) in [5.74, 6) is 2.05. The topological polar surface area (TPSA) is 51.0 Å². The third-order valence-electron chi connectivity index (χ3n) is 4.06. The standard InChI is InChI=1S/C13H14BrN3OS/c14-11-4-2-8(19-11)6-12-16-13(18-17-12)9-5-7-1-3-10(9)15-7/h2,4,7,9-10,15H,1,3,5-6H2/t7-,9+,10+/m0/s1. The number of nitrogens with zero attached hydrogens (tertiary/aromatic N) is 2. The van der Waals surface area contributed by atoms with E-state index < -0.39 is 0 Å². The molecule has 2 saturated heterocycles. The molecule has 4 rings (SSSR count). The zero-order chi connectivity index (χ0) is 12.8. The Labute approximate surface area is 123 Å². The summed E-state index contributed by atoms with van der Waals surface area (Å²) in [6.45, 7) is 0. The number of nitrogens with one attached hydrogen (secondary N) is 1. The molecule has 2 aromatic rings. The molecule has 0 unspecified atom stereocenters. The van der Waals surface area contributed by atoms with Crippen LogP contribution >= 0.6 is 27.3 Å². The van der Waals surface area contributed by atoms with Crippen molar-refractivity contribution in [1.82, 2.24) is 15.5 Å². The number of aromatic nitrogens is 2. The lowest BCUT2D eigenvalue weighted by atomic mass is 9.89. The molecule has 0 aromatic carbocycles. The fourth-order valence-electron chi connectivity index (χ4n) is 3.19. The normalized spacial score (nSPS) is 29.2. The van der Waals surface area contributed by atoms with Crippen molar-refractivity contribution in [2.75, 3.05) is 0 Å². The van der Waals surface area contributed by atoms with E-state index in [9.17, 15) is 0 Å². The van der Waals surface area contributed by atoms with E-state index in [4.69, 9.17) is 4.52 Å². The summed E-state index contributed by atoms with van der Waals surface area (Å²) in [5.41, 5.74) is 0. The molecule has 4 heterocycles. The second-order valence-electron chi connectivity index (χ2n) is 5.32. The zero-order valence-corrected chi connectivity index (χ0v) is 12.7. The highest BCUT2D eigenvalue weighted by Gasteiger charge is 2.42. The predicted molar refractivity (Wildman–Crippen MR) is 76.4 cm³/mol. The smallest absolute Gasteiger partial charge is 0.231 e. The molecule has 0 aliphatic carbocycles. The fourth-order valence-corrected chi connectivity index (χ4v) is 4.67. The molecule has 2 bridgehead atoms. The average Bonchev–Trinajstić information content (AvgIpc) is 3.13. The van der Waals surface area contributed by atoms with Gasteiger partial charge in [0.1, 0.15) is 0 Å². The molecule has 0 spiro atoms. The van der Waals surface area contributed by atoms with Gasteiger partial charge in [0.15, 0.2) is 5.82 Å². The van der Waals surface area contributed by atoms with Crippen LogP contribution in [-0.4, -0.2) is 22.2 Å². The Morgan fingerprint density at radius 1 is 1.42 bits per heavy atom. The minimum absolute atomic E-state index is 0.426. The minimum Gasteiger partial charge on any atom is -0.339 e. The second-order valence-corrected chi connectivity index (χ2v) is 7.87. The quantitative estimate of drug-likeness (QED) is 0.933. The molecule has 4 nitrogen and oxygen atoms in total. The maximum atomic E-state index is 5.47. The van der Waals surface area contributed by atoms with Crippen LogP contribution in [0.1, 0.15) is 41.8 Å². The molecule has 100 valence electrons. The summed E-state index contributed by atoms with van der Waals surface area (Å²) in [7, 11) is 0. The third kappa shape index (κ3) is 2.26. The lowest BCUT2D eigenvalue weighted by molar-refractivity contribution is 0.327. The van der Waals surface area contributed by atoms with Gasteiger partial charge >= 0.3 is 0 Å². The summed E-state index contributed by atoms with van der Waals surface area (Å²) < 4.78 is 6.61. The number of fused-ring (bicyclic) bond motifs is 2. The van der Waals surface area contributed by atoms with Crippen LogP contribution in [0.2, 0.25) is 0 Å². The van der Waals surface area contributed by atoms with Gasteiger partial charge in [-0.15, -0.1) is 11.3 Å². The summed E-state index contributed by atoms with van der Waals surface area (Å²) in [6.07, 6.45) is 4.45. The van der Waals surface area contributed by atoms with Gasteiger partial charge in [0.05, 0.1) is 9.70 Å². The molecule has 0 amide bonds. The van der Waals surface area contributed by atoms with Crippen LogP contribution in [0, 0.1) is 0 Å². The van der Waals surface area contributed by atoms with Gasteiger partial charge in [-0.2, -0.15) is 4.98 Å². The maximum absolute atomic E-state index is 5.47. The zero-order valence-electron chi connectivity index (χ0n) is 10.3. The van der Waals surface area contributed by atoms with Gasteiger partial charge in [-0.1, -0.05) is 5.16 Å². The SMILES string of the molecule is Brc1ccc(Cc2noc([C@@H]3C[C@@H]4CC[C@H]3N4)n2)s1. The average molecular weight is 340 g/mol. The van der Waals surface area contributed by atoms with Crippen molar-refractivity contribution in [3.8, 4) is 0 Å². The molecule has 3 atom stereocenters. The van der Waals surface area contributed by atoms with Crippen LogP contribution in [0.3, 0.4) is 0 Å². The summed E-state index contributed by atoms with van der Waals surface area (Å²) in [6, 6.07) is 5.37. The third-order valence-corrected chi connectivity index (χ3v) is 5.69. The summed E-state index contributed by atoms with van der Waals surface area (Å²) >= 11 is 5.19. The van der Waals surface area contributed by atoms with Gasteiger partial charge in [0.2, 0.25) is 5.89 Å². The molecule has 6 heteroatoms. The van der Waals surface area contributed by atoms with Crippen molar-refractivity contribution in [2.45, 2.75) is 43.7 Å². The van der Waals surface area contributed by atoms with Crippen molar-refractivity contribution in [1.29, 1.82) is 0 Å². The maximum Gasteiger partial charge on any atom is 0.231 e. The minimum atomic E-state index is 0.426. The van der Waals surface area contributed by atoms with Gasteiger partial charge in [-0.05, 0) is 47.3 Å². The van der Waals surface area contributed by atoms with Gasteiger partial charge in [-0.25, -0.2) is 0 Å².